The third-order valence-corrected chi connectivity index (χ3v) is 4.48. The van der Waals surface area contributed by atoms with Gasteiger partial charge >= 0.3 is 0 Å². The van der Waals surface area contributed by atoms with Crippen molar-refractivity contribution in [2.24, 2.45) is 0 Å². The third-order valence-electron chi connectivity index (χ3n) is 3.05. The number of nitro benzene ring substituents is 1. The highest BCUT2D eigenvalue weighted by molar-refractivity contribution is 7.90. The summed E-state index contributed by atoms with van der Waals surface area (Å²) in [6.45, 7) is -0.370. The van der Waals surface area contributed by atoms with Crippen molar-refractivity contribution < 1.29 is 22.9 Å². The van der Waals surface area contributed by atoms with Gasteiger partial charge in [0.25, 0.3) is 11.6 Å². The first-order chi connectivity index (χ1) is 11.7. The Morgan fingerprint density at radius 2 is 1.88 bits per heavy atom. The molecule has 0 saturated heterocycles. The molecule has 0 radical (unpaired) electrons. The second kappa shape index (κ2) is 7.49. The summed E-state index contributed by atoms with van der Waals surface area (Å²) in [4.78, 5) is 22.0. The number of non-ortho nitro benzene ring substituents is 1. The van der Waals surface area contributed by atoms with Gasteiger partial charge in [-0.05, 0) is 30.3 Å². The van der Waals surface area contributed by atoms with Crippen LogP contribution in [0.4, 0.5) is 11.4 Å². The Kier molecular flexibility index (Phi) is 5.60. The van der Waals surface area contributed by atoms with E-state index in [4.69, 9.17) is 16.3 Å². The van der Waals surface area contributed by atoms with Gasteiger partial charge in [0, 0.05) is 24.1 Å². The van der Waals surface area contributed by atoms with Gasteiger partial charge in [0.1, 0.15) is 5.75 Å². The van der Waals surface area contributed by atoms with Gasteiger partial charge in [-0.25, -0.2) is 8.42 Å². The number of benzene rings is 2. The quantitative estimate of drug-likeness (QED) is 0.604. The first-order valence-corrected chi connectivity index (χ1v) is 9.10. The Bertz CT molecular complexity index is 912. The van der Waals surface area contributed by atoms with E-state index in [1.54, 1.807) is 0 Å². The molecule has 0 atom stereocenters. The van der Waals surface area contributed by atoms with Gasteiger partial charge in [-0.1, -0.05) is 11.6 Å². The molecule has 10 heteroatoms. The Morgan fingerprint density at radius 1 is 1.24 bits per heavy atom. The zero-order valence-electron chi connectivity index (χ0n) is 12.9. The first-order valence-electron chi connectivity index (χ1n) is 6.83. The molecular weight excluding hydrogens is 372 g/mol. The normalized spacial score (nSPS) is 11.0. The first kappa shape index (κ1) is 18.7. The maximum atomic E-state index is 11.8. The molecule has 0 aliphatic carbocycles. The average Bonchev–Trinajstić information content (AvgIpc) is 2.53. The maximum absolute atomic E-state index is 11.8. The van der Waals surface area contributed by atoms with E-state index in [0.29, 0.717) is 5.69 Å². The fourth-order valence-corrected chi connectivity index (χ4v) is 2.71. The third kappa shape index (κ3) is 5.16. The van der Waals surface area contributed by atoms with Crippen LogP contribution >= 0.6 is 11.6 Å². The SMILES string of the molecule is CS(=O)(=O)c1ccc(NC(=O)COc2ccc([N+](=O)[O-])cc2Cl)cc1. The van der Waals surface area contributed by atoms with E-state index in [-0.39, 0.29) is 28.0 Å². The molecule has 0 spiro atoms. The molecule has 0 heterocycles. The molecule has 8 nitrogen and oxygen atoms in total. The summed E-state index contributed by atoms with van der Waals surface area (Å²) in [6.07, 6.45) is 1.09. The van der Waals surface area contributed by atoms with E-state index >= 15 is 0 Å². The molecule has 2 rings (SSSR count). The summed E-state index contributed by atoms with van der Waals surface area (Å²) in [5.74, 6) is -0.364. The summed E-state index contributed by atoms with van der Waals surface area (Å²) in [7, 11) is -3.31. The van der Waals surface area contributed by atoms with Crippen molar-refractivity contribution in [2.75, 3.05) is 18.2 Å². The fraction of sp³-hybridized carbons (Fsp3) is 0.133. The molecule has 25 heavy (non-hydrogen) atoms. The molecule has 0 saturated carbocycles. The predicted molar refractivity (Wildman–Crippen MR) is 91.8 cm³/mol. The number of ether oxygens (including phenoxy) is 1. The molecule has 132 valence electrons. The predicted octanol–water partition coefficient (Wildman–Crippen LogP) is 2.67. The van der Waals surface area contributed by atoms with Crippen molar-refractivity contribution >= 4 is 38.7 Å². The Morgan fingerprint density at radius 3 is 2.40 bits per heavy atom. The number of amides is 1. The molecule has 2 aromatic carbocycles. The van der Waals surface area contributed by atoms with Crippen LogP contribution < -0.4 is 10.1 Å². The largest absolute Gasteiger partial charge is 0.482 e. The zero-order chi connectivity index (χ0) is 18.6. The van der Waals surface area contributed by atoms with Crippen LogP contribution in [-0.2, 0) is 14.6 Å². The Balaban J connectivity index is 1.96. The minimum absolute atomic E-state index is 0.0134. The van der Waals surface area contributed by atoms with Gasteiger partial charge in [0.15, 0.2) is 16.4 Å². The summed E-state index contributed by atoms with van der Waals surface area (Å²) in [5.41, 5.74) is 0.212. The number of hydrogen-bond donors (Lipinski definition) is 1. The van der Waals surface area contributed by atoms with Crippen LogP contribution in [0.1, 0.15) is 0 Å². The summed E-state index contributed by atoms with van der Waals surface area (Å²) in [5, 5.41) is 13.2. The standard InChI is InChI=1S/C15H13ClN2O6S/c1-25(22,23)12-5-2-10(3-6-12)17-15(19)9-24-14-7-4-11(18(20)21)8-13(14)16/h2-8H,9H2,1H3,(H,17,19). The molecule has 0 aliphatic rings. The lowest BCUT2D eigenvalue weighted by molar-refractivity contribution is -0.384. The minimum Gasteiger partial charge on any atom is -0.482 e. The number of sulfone groups is 1. The highest BCUT2D eigenvalue weighted by Crippen LogP contribution is 2.28. The lowest BCUT2D eigenvalue weighted by Gasteiger charge is -2.09. The van der Waals surface area contributed by atoms with Crippen LogP contribution in [-0.4, -0.2) is 32.1 Å². The number of halogens is 1. The van der Waals surface area contributed by atoms with E-state index < -0.39 is 20.7 Å². The van der Waals surface area contributed by atoms with Crippen molar-refractivity contribution in [2.45, 2.75) is 4.90 Å². The smallest absolute Gasteiger partial charge is 0.271 e. The monoisotopic (exact) mass is 384 g/mol. The topological polar surface area (TPSA) is 116 Å². The number of anilines is 1. The highest BCUT2D eigenvalue weighted by Gasteiger charge is 2.12. The second-order valence-corrected chi connectivity index (χ2v) is 7.43. The number of hydrogen-bond acceptors (Lipinski definition) is 6. The molecule has 0 aromatic heterocycles. The number of nitro groups is 1. The Labute approximate surface area is 148 Å². The summed E-state index contributed by atoms with van der Waals surface area (Å²) in [6, 6.07) is 9.29. The van der Waals surface area contributed by atoms with Gasteiger partial charge in [0.05, 0.1) is 14.8 Å². The number of rotatable bonds is 6. The molecular formula is C15H13ClN2O6S. The summed E-state index contributed by atoms with van der Waals surface area (Å²) >= 11 is 5.86. The molecule has 1 amide bonds. The van der Waals surface area contributed by atoms with E-state index in [9.17, 15) is 23.3 Å². The van der Waals surface area contributed by atoms with Crippen molar-refractivity contribution in [3.8, 4) is 5.75 Å². The number of carbonyl (C=O) groups is 1. The summed E-state index contributed by atoms with van der Waals surface area (Å²) < 4.78 is 27.9. The number of carbonyl (C=O) groups excluding carboxylic acids is 1. The molecule has 0 bridgehead atoms. The lowest BCUT2D eigenvalue weighted by atomic mass is 10.3. The van der Waals surface area contributed by atoms with E-state index in [1.807, 2.05) is 0 Å². The van der Waals surface area contributed by atoms with Crippen LogP contribution in [0, 0.1) is 10.1 Å². The van der Waals surface area contributed by atoms with Crippen LogP contribution in [0.15, 0.2) is 47.4 Å². The van der Waals surface area contributed by atoms with Gasteiger partial charge in [-0.2, -0.15) is 0 Å². The van der Waals surface area contributed by atoms with Gasteiger partial charge in [0.2, 0.25) is 0 Å². The molecule has 0 fully saturated rings. The van der Waals surface area contributed by atoms with Crippen molar-refractivity contribution in [1.29, 1.82) is 0 Å². The molecule has 0 aliphatic heterocycles. The van der Waals surface area contributed by atoms with Crippen LogP contribution in [0.3, 0.4) is 0 Å². The minimum atomic E-state index is -3.31. The van der Waals surface area contributed by atoms with Crippen LogP contribution in [0.25, 0.3) is 0 Å². The van der Waals surface area contributed by atoms with Crippen molar-refractivity contribution in [3.05, 3.63) is 57.6 Å². The Hall–Kier alpha value is -2.65. The molecule has 0 unspecified atom stereocenters. The zero-order valence-corrected chi connectivity index (χ0v) is 14.5. The van der Waals surface area contributed by atoms with Crippen molar-refractivity contribution in [3.63, 3.8) is 0 Å². The van der Waals surface area contributed by atoms with E-state index in [1.165, 1.54) is 36.4 Å². The second-order valence-electron chi connectivity index (χ2n) is 5.01. The highest BCUT2D eigenvalue weighted by atomic mass is 35.5. The molecule has 2 aromatic rings. The van der Waals surface area contributed by atoms with Gasteiger partial charge in [-0.15, -0.1) is 0 Å². The lowest BCUT2D eigenvalue weighted by Crippen LogP contribution is -2.20. The van der Waals surface area contributed by atoms with E-state index in [2.05, 4.69) is 5.32 Å². The van der Waals surface area contributed by atoms with E-state index in [0.717, 1.165) is 12.3 Å². The maximum Gasteiger partial charge on any atom is 0.271 e. The van der Waals surface area contributed by atoms with Crippen LogP contribution in [0.5, 0.6) is 5.75 Å². The van der Waals surface area contributed by atoms with Gasteiger partial charge < -0.3 is 10.1 Å². The van der Waals surface area contributed by atoms with Crippen molar-refractivity contribution in [1.82, 2.24) is 0 Å². The number of nitrogens with one attached hydrogen (secondary N) is 1. The fourth-order valence-electron chi connectivity index (χ4n) is 1.85. The van der Waals surface area contributed by atoms with Gasteiger partial charge in [-0.3, -0.25) is 14.9 Å². The molecule has 1 N–H and O–H groups in total. The van der Waals surface area contributed by atoms with Crippen LogP contribution in [0.2, 0.25) is 5.02 Å². The average molecular weight is 385 g/mol. The number of nitrogens with zero attached hydrogens (tertiary/aromatic N) is 1.